The van der Waals surface area contributed by atoms with Crippen LogP contribution in [0.3, 0.4) is 0 Å². The van der Waals surface area contributed by atoms with Crippen molar-refractivity contribution in [2.45, 2.75) is 66.0 Å². The van der Waals surface area contributed by atoms with E-state index in [4.69, 9.17) is 4.74 Å². The summed E-state index contributed by atoms with van der Waals surface area (Å²) in [4.78, 5) is 0. The number of aryl methyl sites for hydroxylation is 1. The molecule has 0 radical (unpaired) electrons. The maximum Gasteiger partial charge on any atom is 0.0792 e. The fourth-order valence-electron chi connectivity index (χ4n) is 2.77. The highest BCUT2D eigenvalue weighted by Gasteiger charge is 2.25. The number of rotatable bonds is 10. The highest BCUT2D eigenvalue weighted by Crippen LogP contribution is 2.25. The Labute approximate surface area is 131 Å². The van der Waals surface area contributed by atoms with E-state index >= 15 is 0 Å². The molecule has 0 heterocycles. The van der Waals surface area contributed by atoms with Crippen LogP contribution >= 0.6 is 0 Å². The van der Waals surface area contributed by atoms with Crippen molar-refractivity contribution in [3.8, 4) is 0 Å². The minimum Gasteiger partial charge on any atom is -0.376 e. The van der Waals surface area contributed by atoms with Crippen molar-refractivity contribution in [3.05, 3.63) is 35.4 Å². The van der Waals surface area contributed by atoms with Gasteiger partial charge in [-0.1, -0.05) is 58.4 Å². The number of hydrogen-bond acceptors (Lipinski definition) is 2. The average Bonchev–Trinajstić information content (AvgIpc) is 2.48. The molecule has 1 N–H and O–H groups in total. The molecule has 120 valence electrons. The molecule has 2 heteroatoms. The predicted octanol–water partition coefficient (Wildman–Crippen LogP) is 4.74. The summed E-state index contributed by atoms with van der Waals surface area (Å²) in [6.07, 6.45) is 3.72. The molecule has 0 amide bonds. The largest absolute Gasteiger partial charge is 0.376 e. The summed E-state index contributed by atoms with van der Waals surface area (Å²) in [6, 6.07) is 9.35. The molecule has 1 rings (SSSR count). The molecule has 0 aliphatic heterocycles. The second kappa shape index (κ2) is 9.97. The second-order valence-corrected chi connectivity index (χ2v) is 6.09. The van der Waals surface area contributed by atoms with Gasteiger partial charge in [0.2, 0.25) is 0 Å². The number of ether oxygens (including phenoxy) is 1. The van der Waals surface area contributed by atoms with Gasteiger partial charge in [-0.05, 0) is 43.4 Å². The van der Waals surface area contributed by atoms with E-state index < -0.39 is 0 Å². The molecule has 0 saturated carbocycles. The van der Waals surface area contributed by atoms with Crippen LogP contribution in [0.25, 0.3) is 0 Å². The van der Waals surface area contributed by atoms with Gasteiger partial charge in [-0.2, -0.15) is 0 Å². The van der Waals surface area contributed by atoms with Gasteiger partial charge in [0.1, 0.15) is 0 Å². The summed E-state index contributed by atoms with van der Waals surface area (Å²) >= 11 is 0. The molecule has 0 bridgehead atoms. The Morgan fingerprint density at radius 2 is 1.67 bits per heavy atom. The van der Waals surface area contributed by atoms with Crippen molar-refractivity contribution in [1.82, 2.24) is 5.32 Å². The number of hydrogen-bond donors (Lipinski definition) is 1. The average molecular weight is 291 g/mol. The zero-order valence-corrected chi connectivity index (χ0v) is 14.5. The Kier molecular flexibility index (Phi) is 8.63. The van der Waals surface area contributed by atoms with Crippen LogP contribution in [-0.2, 0) is 11.2 Å². The first kappa shape index (κ1) is 18.2. The SMILES string of the molecule is CCCNC(c1ccc(CCC)cc1)C(OCC)C(C)C. The maximum absolute atomic E-state index is 6.03. The topological polar surface area (TPSA) is 21.3 Å². The fourth-order valence-corrected chi connectivity index (χ4v) is 2.77. The third-order valence-electron chi connectivity index (χ3n) is 3.84. The lowest BCUT2D eigenvalue weighted by atomic mass is 9.92. The summed E-state index contributed by atoms with van der Waals surface area (Å²) in [5.41, 5.74) is 2.77. The van der Waals surface area contributed by atoms with E-state index in [9.17, 15) is 0 Å². The van der Waals surface area contributed by atoms with Gasteiger partial charge in [-0.3, -0.25) is 0 Å². The Morgan fingerprint density at radius 1 is 1.00 bits per heavy atom. The lowest BCUT2D eigenvalue weighted by molar-refractivity contribution is 0.00283. The summed E-state index contributed by atoms with van der Waals surface area (Å²) in [7, 11) is 0. The van der Waals surface area contributed by atoms with E-state index in [0.29, 0.717) is 5.92 Å². The van der Waals surface area contributed by atoms with Crippen molar-refractivity contribution in [1.29, 1.82) is 0 Å². The summed E-state index contributed by atoms with van der Waals surface area (Å²) in [5.74, 6) is 0.495. The van der Waals surface area contributed by atoms with Gasteiger partial charge < -0.3 is 10.1 Å². The van der Waals surface area contributed by atoms with E-state index in [1.165, 1.54) is 17.5 Å². The van der Waals surface area contributed by atoms with Crippen LogP contribution in [0.15, 0.2) is 24.3 Å². The number of nitrogens with one attached hydrogen (secondary N) is 1. The minimum atomic E-state index is 0.221. The third-order valence-corrected chi connectivity index (χ3v) is 3.84. The van der Waals surface area contributed by atoms with Gasteiger partial charge >= 0.3 is 0 Å². The Bertz CT molecular complexity index is 372. The molecule has 0 spiro atoms. The van der Waals surface area contributed by atoms with Gasteiger partial charge in [-0.25, -0.2) is 0 Å². The van der Waals surface area contributed by atoms with E-state index in [1.807, 2.05) is 0 Å². The number of benzene rings is 1. The zero-order valence-electron chi connectivity index (χ0n) is 14.5. The molecule has 0 fully saturated rings. The van der Waals surface area contributed by atoms with Crippen molar-refractivity contribution in [2.24, 2.45) is 5.92 Å². The first-order valence-electron chi connectivity index (χ1n) is 8.57. The molecule has 2 atom stereocenters. The van der Waals surface area contributed by atoms with E-state index in [-0.39, 0.29) is 12.1 Å². The Hall–Kier alpha value is -0.860. The van der Waals surface area contributed by atoms with Crippen molar-refractivity contribution < 1.29 is 4.74 Å². The van der Waals surface area contributed by atoms with Crippen LogP contribution in [0.1, 0.15) is 64.6 Å². The molecule has 1 aromatic rings. The lowest BCUT2D eigenvalue weighted by Gasteiger charge is -2.31. The van der Waals surface area contributed by atoms with Gasteiger partial charge in [0.15, 0.2) is 0 Å². The standard InChI is InChI=1S/C19H33NO/c1-6-9-16-10-12-17(13-11-16)18(20-14-7-2)19(15(4)5)21-8-3/h10-13,15,18-20H,6-9,14H2,1-5H3. The van der Waals surface area contributed by atoms with Crippen LogP contribution < -0.4 is 5.32 Å². The second-order valence-electron chi connectivity index (χ2n) is 6.09. The van der Waals surface area contributed by atoms with E-state index in [1.54, 1.807) is 0 Å². The fraction of sp³-hybridized carbons (Fsp3) is 0.684. The van der Waals surface area contributed by atoms with Crippen molar-refractivity contribution in [3.63, 3.8) is 0 Å². The first-order valence-corrected chi connectivity index (χ1v) is 8.57. The molecule has 1 aromatic carbocycles. The minimum absolute atomic E-state index is 0.221. The lowest BCUT2D eigenvalue weighted by Crippen LogP contribution is -2.37. The van der Waals surface area contributed by atoms with Crippen LogP contribution in [0.4, 0.5) is 0 Å². The molecule has 0 aliphatic carbocycles. The summed E-state index contributed by atoms with van der Waals surface area (Å²) in [5, 5.41) is 3.68. The maximum atomic E-state index is 6.03. The van der Waals surface area contributed by atoms with Gasteiger partial charge in [-0.15, -0.1) is 0 Å². The summed E-state index contributed by atoms with van der Waals surface area (Å²) in [6.45, 7) is 12.8. The van der Waals surface area contributed by atoms with Crippen molar-refractivity contribution >= 4 is 0 Å². The molecular weight excluding hydrogens is 258 g/mol. The highest BCUT2D eigenvalue weighted by molar-refractivity contribution is 5.26. The molecule has 21 heavy (non-hydrogen) atoms. The van der Waals surface area contributed by atoms with Crippen LogP contribution in [0.5, 0.6) is 0 Å². The van der Waals surface area contributed by atoms with Crippen LogP contribution in [0.2, 0.25) is 0 Å². The van der Waals surface area contributed by atoms with Crippen molar-refractivity contribution in [2.75, 3.05) is 13.2 Å². The quantitative estimate of drug-likeness (QED) is 0.672. The summed E-state index contributed by atoms with van der Waals surface area (Å²) < 4.78 is 6.03. The third kappa shape index (κ3) is 5.80. The monoisotopic (exact) mass is 291 g/mol. The van der Waals surface area contributed by atoms with Gasteiger partial charge in [0.05, 0.1) is 12.1 Å². The molecule has 2 unspecified atom stereocenters. The van der Waals surface area contributed by atoms with Gasteiger partial charge in [0.25, 0.3) is 0 Å². The predicted molar refractivity (Wildman–Crippen MR) is 91.7 cm³/mol. The molecule has 0 saturated heterocycles. The van der Waals surface area contributed by atoms with Crippen LogP contribution in [-0.4, -0.2) is 19.3 Å². The highest BCUT2D eigenvalue weighted by atomic mass is 16.5. The Morgan fingerprint density at radius 3 is 2.14 bits per heavy atom. The van der Waals surface area contributed by atoms with E-state index in [2.05, 4.69) is 64.2 Å². The molecule has 0 aliphatic rings. The van der Waals surface area contributed by atoms with Gasteiger partial charge in [0, 0.05) is 6.61 Å². The molecule has 2 nitrogen and oxygen atoms in total. The zero-order chi connectivity index (χ0) is 15.7. The van der Waals surface area contributed by atoms with Crippen LogP contribution in [0, 0.1) is 5.92 Å². The van der Waals surface area contributed by atoms with E-state index in [0.717, 1.165) is 26.0 Å². The first-order chi connectivity index (χ1) is 10.1. The molecular formula is C19H33NO. The smallest absolute Gasteiger partial charge is 0.0792 e. The Balaban J connectivity index is 2.93. The normalized spacial score (nSPS) is 14.4. The molecule has 0 aromatic heterocycles.